The van der Waals surface area contributed by atoms with Gasteiger partial charge in [-0.2, -0.15) is 9.97 Å². The van der Waals surface area contributed by atoms with Crippen LogP contribution in [0.5, 0.6) is 6.01 Å². The first-order chi connectivity index (χ1) is 20.0. The molecule has 2 saturated heterocycles. The highest BCUT2D eigenvalue weighted by Gasteiger charge is 2.33. The number of anilines is 1. The molecule has 2 fully saturated rings. The van der Waals surface area contributed by atoms with Crippen molar-refractivity contribution in [3.05, 3.63) is 71.7 Å². The van der Waals surface area contributed by atoms with E-state index < -0.39 is 0 Å². The lowest BCUT2D eigenvalue weighted by Gasteiger charge is -2.39. The Balaban J connectivity index is 1.43. The van der Waals surface area contributed by atoms with Crippen LogP contribution in [0.1, 0.15) is 12.8 Å². The SMILES string of the molecule is [C-]#[N+]C[C@H]1CN(c2nc(OC[C@@H]3CCCN3C)nc3cc(-c4cccc5ccsc45)c(F)cc23)CCN1C(=O)C=C. The van der Waals surface area contributed by atoms with Gasteiger partial charge in [-0.05, 0) is 61.5 Å². The number of carbonyl (C=O) groups excluding carboxylic acids is 1. The maximum atomic E-state index is 15.9. The Morgan fingerprint density at radius 2 is 2.10 bits per heavy atom. The number of hydrogen-bond acceptors (Lipinski definition) is 7. The van der Waals surface area contributed by atoms with E-state index in [2.05, 4.69) is 23.4 Å². The van der Waals surface area contributed by atoms with E-state index in [1.54, 1.807) is 22.3 Å². The van der Waals surface area contributed by atoms with Crippen LogP contribution in [0.25, 0.3) is 37.0 Å². The van der Waals surface area contributed by atoms with E-state index in [0.29, 0.717) is 48.5 Å². The zero-order chi connectivity index (χ0) is 28.5. The molecule has 0 unspecified atom stereocenters. The number of thiophene rings is 1. The maximum Gasteiger partial charge on any atom is 0.319 e. The number of carbonyl (C=O) groups is 1. The number of benzene rings is 2. The first kappa shape index (κ1) is 27.1. The molecule has 2 aliphatic rings. The summed E-state index contributed by atoms with van der Waals surface area (Å²) in [6.07, 6.45) is 3.46. The predicted octanol–water partition coefficient (Wildman–Crippen LogP) is 5.25. The summed E-state index contributed by atoms with van der Waals surface area (Å²) in [5.41, 5.74) is 1.88. The molecular formula is C31H31FN6O2S. The van der Waals surface area contributed by atoms with E-state index in [0.717, 1.165) is 35.0 Å². The molecule has 210 valence electrons. The molecule has 0 saturated carbocycles. The molecule has 2 aromatic carbocycles. The first-order valence-corrected chi connectivity index (χ1v) is 14.7. The molecule has 2 aliphatic heterocycles. The van der Waals surface area contributed by atoms with Gasteiger partial charge in [0.25, 0.3) is 0 Å². The highest BCUT2D eigenvalue weighted by molar-refractivity contribution is 7.17. The molecule has 41 heavy (non-hydrogen) atoms. The molecule has 0 radical (unpaired) electrons. The highest BCUT2D eigenvalue weighted by atomic mass is 32.1. The molecule has 4 aromatic rings. The van der Waals surface area contributed by atoms with Gasteiger partial charge in [-0.1, -0.05) is 24.8 Å². The molecule has 0 aliphatic carbocycles. The molecule has 2 atom stereocenters. The molecule has 6 rings (SSSR count). The Labute approximate surface area is 242 Å². The third-order valence-corrected chi connectivity index (χ3v) is 9.09. The van der Waals surface area contributed by atoms with Crippen LogP contribution in [0.3, 0.4) is 0 Å². The Kier molecular flexibility index (Phi) is 7.56. The molecule has 0 spiro atoms. The number of nitrogens with zero attached hydrogens (tertiary/aromatic N) is 6. The summed E-state index contributed by atoms with van der Waals surface area (Å²) in [5.74, 6) is -0.0121. The lowest BCUT2D eigenvalue weighted by Crippen LogP contribution is -2.56. The molecule has 10 heteroatoms. The molecular weight excluding hydrogens is 539 g/mol. The fourth-order valence-electron chi connectivity index (χ4n) is 5.91. The molecule has 4 heterocycles. The topological polar surface area (TPSA) is 66.2 Å². The van der Waals surface area contributed by atoms with Gasteiger partial charge in [0.05, 0.1) is 5.52 Å². The van der Waals surface area contributed by atoms with Gasteiger partial charge in [0.1, 0.15) is 24.3 Å². The van der Waals surface area contributed by atoms with Crippen molar-refractivity contribution in [3.63, 3.8) is 0 Å². The second-order valence-electron chi connectivity index (χ2n) is 10.6. The number of hydrogen-bond donors (Lipinski definition) is 0. The van der Waals surface area contributed by atoms with Crippen molar-refractivity contribution in [2.45, 2.75) is 24.9 Å². The number of fused-ring (bicyclic) bond motifs is 2. The minimum absolute atomic E-state index is 0.153. The Morgan fingerprint density at radius 1 is 1.22 bits per heavy atom. The zero-order valence-corrected chi connectivity index (χ0v) is 23.7. The van der Waals surface area contributed by atoms with Gasteiger partial charge in [-0.3, -0.25) is 4.79 Å². The van der Waals surface area contributed by atoms with Crippen molar-refractivity contribution in [1.29, 1.82) is 0 Å². The fraction of sp³-hybridized carbons (Fsp3) is 0.355. The average Bonchev–Trinajstić information content (AvgIpc) is 3.64. The number of likely N-dealkylation sites (tertiary alicyclic amines) is 1. The number of ether oxygens (including phenoxy) is 1. The first-order valence-electron chi connectivity index (χ1n) is 13.8. The van der Waals surface area contributed by atoms with E-state index in [-0.39, 0.29) is 36.4 Å². The van der Waals surface area contributed by atoms with Gasteiger partial charge < -0.3 is 24.3 Å². The number of aromatic nitrogens is 2. The van der Waals surface area contributed by atoms with E-state index in [4.69, 9.17) is 21.3 Å². The van der Waals surface area contributed by atoms with E-state index in [9.17, 15) is 4.79 Å². The third kappa shape index (κ3) is 5.23. The Morgan fingerprint density at radius 3 is 2.88 bits per heavy atom. The van der Waals surface area contributed by atoms with Crippen LogP contribution in [0.15, 0.2) is 54.4 Å². The van der Waals surface area contributed by atoms with Crippen LogP contribution in [-0.2, 0) is 4.79 Å². The molecule has 0 bridgehead atoms. The number of rotatable bonds is 7. The van der Waals surface area contributed by atoms with E-state index in [1.807, 2.05) is 34.5 Å². The van der Waals surface area contributed by atoms with Crippen molar-refractivity contribution in [2.75, 3.05) is 51.3 Å². The van der Waals surface area contributed by atoms with Crippen LogP contribution in [0, 0.1) is 12.4 Å². The normalized spacial score (nSPS) is 19.5. The van der Waals surface area contributed by atoms with Crippen LogP contribution in [0.4, 0.5) is 10.2 Å². The fourth-order valence-corrected chi connectivity index (χ4v) is 6.83. The van der Waals surface area contributed by atoms with Crippen molar-refractivity contribution < 1.29 is 13.9 Å². The summed E-state index contributed by atoms with van der Waals surface area (Å²) >= 11 is 1.58. The Hall–Kier alpha value is -4.07. The van der Waals surface area contributed by atoms with Gasteiger partial charge in [-0.25, -0.2) is 11.0 Å². The van der Waals surface area contributed by atoms with Crippen molar-refractivity contribution in [1.82, 2.24) is 19.8 Å². The van der Waals surface area contributed by atoms with Crippen LogP contribution in [0.2, 0.25) is 0 Å². The zero-order valence-electron chi connectivity index (χ0n) is 22.9. The van der Waals surface area contributed by atoms with Gasteiger partial charge in [0, 0.05) is 46.9 Å². The van der Waals surface area contributed by atoms with Crippen molar-refractivity contribution in [2.24, 2.45) is 0 Å². The van der Waals surface area contributed by atoms with Gasteiger partial charge in [0.15, 0.2) is 0 Å². The van der Waals surface area contributed by atoms with Gasteiger partial charge >= 0.3 is 6.01 Å². The lowest BCUT2D eigenvalue weighted by atomic mass is 10.0. The van der Waals surface area contributed by atoms with E-state index >= 15 is 4.39 Å². The van der Waals surface area contributed by atoms with Crippen LogP contribution < -0.4 is 9.64 Å². The molecule has 2 aromatic heterocycles. The largest absolute Gasteiger partial charge is 0.462 e. The lowest BCUT2D eigenvalue weighted by molar-refractivity contribution is -0.128. The standard InChI is InChI=1S/C31H31FN6O2S/c1-4-28(39)38-13-12-37(18-22(38)17-33-2)30-25-15-26(32)24(23-9-5-7-20-10-14-41-29(20)23)16-27(25)34-31(35-30)40-19-21-8-6-11-36(21)3/h4-5,7,9-10,14-16,21-22H,1,6,8,11-13,17-19H2,3H3/t21-,22-/m0/s1. The number of piperazine rings is 1. The van der Waals surface area contributed by atoms with Crippen molar-refractivity contribution >= 4 is 44.1 Å². The number of amides is 1. The second kappa shape index (κ2) is 11.4. The summed E-state index contributed by atoms with van der Waals surface area (Å²) in [6, 6.07) is 11.4. The smallest absolute Gasteiger partial charge is 0.319 e. The van der Waals surface area contributed by atoms with E-state index in [1.165, 1.54) is 12.1 Å². The number of halogens is 1. The quantitative estimate of drug-likeness (QED) is 0.224. The van der Waals surface area contributed by atoms with Gasteiger partial charge in [0.2, 0.25) is 12.5 Å². The van der Waals surface area contributed by atoms with Crippen LogP contribution in [-0.4, -0.2) is 84.1 Å². The average molecular weight is 571 g/mol. The summed E-state index contributed by atoms with van der Waals surface area (Å²) < 4.78 is 23.1. The summed E-state index contributed by atoms with van der Waals surface area (Å²) in [7, 11) is 2.09. The summed E-state index contributed by atoms with van der Waals surface area (Å²) in [6.45, 7) is 14.0. The molecule has 8 nitrogen and oxygen atoms in total. The monoisotopic (exact) mass is 570 g/mol. The summed E-state index contributed by atoms with van der Waals surface area (Å²) in [5, 5.41) is 3.65. The Bertz CT molecular complexity index is 1670. The minimum atomic E-state index is -0.359. The van der Waals surface area contributed by atoms with Crippen molar-refractivity contribution in [3.8, 4) is 17.1 Å². The van der Waals surface area contributed by atoms with Crippen LogP contribution >= 0.6 is 11.3 Å². The second-order valence-corrected chi connectivity index (χ2v) is 11.5. The minimum Gasteiger partial charge on any atom is -0.462 e. The summed E-state index contributed by atoms with van der Waals surface area (Å²) in [4.78, 5) is 31.6. The predicted molar refractivity (Wildman–Crippen MR) is 161 cm³/mol. The maximum absolute atomic E-state index is 15.9. The molecule has 0 N–H and O–H groups in total. The third-order valence-electron chi connectivity index (χ3n) is 8.13. The van der Waals surface area contributed by atoms with Gasteiger partial charge in [-0.15, -0.1) is 11.3 Å². The molecule has 1 amide bonds. The highest BCUT2D eigenvalue weighted by Crippen LogP contribution is 2.38. The number of likely N-dealkylation sites (N-methyl/N-ethyl adjacent to an activating group) is 1.